The number of alkyl halides is 1. The maximum Gasteiger partial charge on any atom is 0.215 e. The lowest BCUT2D eigenvalue weighted by Gasteiger charge is -2.32. The van der Waals surface area contributed by atoms with Gasteiger partial charge >= 0.3 is 0 Å². The van der Waals surface area contributed by atoms with Crippen LogP contribution in [0.3, 0.4) is 0 Å². The third-order valence-electron chi connectivity index (χ3n) is 4.73. The lowest BCUT2D eigenvalue weighted by atomic mass is 10.2. The molecule has 4 rings (SSSR count). The molecule has 1 aliphatic rings. The fraction of sp³-hybridized carbons (Fsp3) is 0.333. The van der Waals surface area contributed by atoms with Crippen LogP contribution < -0.4 is 10.6 Å². The maximum atomic E-state index is 14.2. The molecule has 154 valence electrons. The summed E-state index contributed by atoms with van der Waals surface area (Å²) in [6, 6.07) is 5.06. The Morgan fingerprint density at radius 3 is 2.83 bits per heavy atom. The molecule has 1 saturated heterocycles. The first-order valence-corrected chi connectivity index (χ1v) is 10.4. The average molecular weight is 423 g/mol. The molecule has 1 atom stereocenters. The third-order valence-corrected chi connectivity index (χ3v) is 6.59. The first kappa shape index (κ1) is 19.5. The Bertz CT molecular complexity index is 1180. The normalized spacial score (nSPS) is 17.8. The Kier molecular flexibility index (Phi) is 4.87. The second kappa shape index (κ2) is 7.23. The SMILES string of the molecule is Cc1nc(N2CCOC(CF)C2)c2[nH]c(N)c(S(=O)(=O)c3ccccc3F)c2n1. The molecule has 3 aromatic rings. The molecule has 3 heterocycles. The van der Waals surface area contributed by atoms with Gasteiger partial charge in [0.05, 0.1) is 6.61 Å². The van der Waals surface area contributed by atoms with Crippen molar-refractivity contribution in [1.29, 1.82) is 0 Å². The minimum atomic E-state index is -4.29. The number of hydrogen-bond donors (Lipinski definition) is 2. The zero-order valence-corrected chi connectivity index (χ0v) is 16.3. The van der Waals surface area contributed by atoms with E-state index < -0.39 is 33.3 Å². The summed E-state index contributed by atoms with van der Waals surface area (Å²) in [5.41, 5.74) is 6.36. The molecule has 11 heteroatoms. The molecular weight excluding hydrogens is 404 g/mol. The minimum Gasteiger partial charge on any atom is -0.384 e. The zero-order chi connectivity index (χ0) is 20.8. The van der Waals surface area contributed by atoms with Crippen LogP contribution in [0.5, 0.6) is 0 Å². The smallest absolute Gasteiger partial charge is 0.215 e. The number of aromatic nitrogens is 3. The molecule has 29 heavy (non-hydrogen) atoms. The number of aryl methyl sites for hydroxylation is 1. The van der Waals surface area contributed by atoms with Gasteiger partial charge in [0.1, 0.15) is 51.1 Å². The van der Waals surface area contributed by atoms with Crippen molar-refractivity contribution >= 4 is 32.5 Å². The number of morpholine rings is 1. The van der Waals surface area contributed by atoms with Gasteiger partial charge in [-0.05, 0) is 19.1 Å². The number of fused-ring (bicyclic) bond motifs is 1. The number of H-pyrrole nitrogens is 1. The number of nitrogens with two attached hydrogens (primary N) is 1. The van der Waals surface area contributed by atoms with Crippen molar-refractivity contribution in [3.05, 3.63) is 35.9 Å². The Labute approximate surface area is 165 Å². The number of nitrogen functional groups attached to an aromatic ring is 1. The van der Waals surface area contributed by atoms with Crippen molar-refractivity contribution in [3.8, 4) is 0 Å². The molecule has 2 aromatic heterocycles. The lowest BCUT2D eigenvalue weighted by molar-refractivity contribution is 0.0245. The number of rotatable bonds is 4. The van der Waals surface area contributed by atoms with Crippen LogP contribution in [0, 0.1) is 12.7 Å². The van der Waals surface area contributed by atoms with E-state index in [2.05, 4.69) is 15.0 Å². The second-order valence-electron chi connectivity index (χ2n) is 6.71. The van der Waals surface area contributed by atoms with Gasteiger partial charge in [-0.15, -0.1) is 0 Å². The van der Waals surface area contributed by atoms with Gasteiger partial charge in [-0.3, -0.25) is 0 Å². The highest BCUT2D eigenvalue weighted by Crippen LogP contribution is 2.36. The number of sulfone groups is 1. The summed E-state index contributed by atoms with van der Waals surface area (Å²) in [6.07, 6.45) is -0.608. The Hall–Kier alpha value is -2.79. The first-order valence-electron chi connectivity index (χ1n) is 8.91. The van der Waals surface area contributed by atoms with Crippen LogP contribution in [0.4, 0.5) is 20.4 Å². The molecule has 3 N–H and O–H groups in total. The predicted octanol–water partition coefficient (Wildman–Crippen LogP) is 2.00. The van der Waals surface area contributed by atoms with E-state index in [0.29, 0.717) is 30.3 Å². The highest BCUT2D eigenvalue weighted by atomic mass is 32.2. The summed E-state index contributed by atoms with van der Waals surface area (Å²) in [4.78, 5) is 12.5. The number of hydrogen-bond acceptors (Lipinski definition) is 7. The van der Waals surface area contributed by atoms with E-state index in [0.717, 1.165) is 6.07 Å². The topological polar surface area (TPSA) is 114 Å². The van der Waals surface area contributed by atoms with Gasteiger partial charge in [-0.2, -0.15) is 0 Å². The van der Waals surface area contributed by atoms with Gasteiger partial charge < -0.3 is 20.4 Å². The van der Waals surface area contributed by atoms with Gasteiger partial charge in [-0.25, -0.2) is 27.2 Å². The van der Waals surface area contributed by atoms with Crippen LogP contribution in [0.25, 0.3) is 11.0 Å². The molecule has 0 saturated carbocycles. The van der Waals surface area contributed by atoms with Gasteiger partial charge in [-0.1, -0.05) is 12.1 Å². The number of nitrogens with zero attached hydrogens (tertiary/aromatic N) is 3. The van der Waals surface area contributed by atoms with Gasteiger partial charge in [0.2, 0.25) is 9.84 Å². The van der Waals surface area contributed by atoms with Crippen LogP contribution in [0.2, 0.25) is 0 Å². The van der Waals surface area contributed by atoms with Crippen LogP contribution in [0.15, 0.2) is 34.1 Å². The second-order valence-corrected chi connectivity index (χ2v) is 8.57. The summed E-state index contributed by atoms with van der Waals surface area (Å²) in [7, 11) is -4.29. The Morgan fingerprint density at radius 1 is 1.34 bits per heavy atom. The highest BCUT2D eigenvalue weighted by molar-refractivity contribution is 7.92. The molecular formula is C18H19F2N5O3S. The summed E-state index contributed by atoms with van der Waals surface area (Å²) < 4.78 is 59.0. The van der Waals surface area contributed by atoms with E-state index in [1.54, 1.807) is 11.8 Å². The van der Waals surface area contributed by atoms with E-state index in [1.165, 1.54) is 18.2 Å². The van der Waals surface area contributed by atoms with Crippen molar-refractivity contribution in [3.63, 3.8) is 0 Å². The molecule has 0 bridgehead atoms. The molecule has 0 aliphatic carbocycles. The molecule has 1 aliphatic heterocycles. The van der Waals surface area contributed by atoms with E-state index >= 15 is 0 Å². The van der Waals surface area contributed by atoms with Crippen molar-refractivity contribution in [1.82, 2.24) is 15.0 Å². The minimum absolute atomic E-state index is 0.0662. The van der Waals surface area contributed by atoms with Gasteiger partial charge in [0, 0.05) is 13.1 Å². The molecule has 0 radical (unpaired) electrons. The lowest BCUT2D eigenvalue weighted by Crippen LogP contribution is -2.44. The summed E-state index contributed by atoms with van der Waals surface area (Å²) in [5, 5.41) is 0. The molecule has 0 amide bonds. The van der Waals surface area contributed by atoms with Gasteiger partial charge in [0.15, 0.2) is 5.82 Å². The van der Waals surface area contributed by atoms with E-state index in [9.17, 15) is 17.2 Å². The van der Waals surface area contributed by atoms with Crippen LogP contribution in [0.1, 0.15) is 5.82 Å². The number of nitrogens with one attached hydrogen (secondary N) is 1. The summed E-state index contributed by atoms with van der Waals surface area (Å²) >= 11 is 0. The molecule has 1 aromatic carbocycles. The van der Waals surface area contributed by atoms with E-state index in [-0.39, 0.29) is 22.8 Å². The Morgan fingerprint density at radius 2 is 2.10 bits per heavy atom. The first-order chi connectivity index (χ1) is 13.8. The van der Waals surface area contributed by atoms with E-state index in [4.69, 9.17) is 10.5 Å². The van der Waals surface area contributed by atoms with Crippen LogP contribution >= 0.6 is 0 Å². The zero-order valence-electron chi connectivity index (χ0n) is 15.5. The largest absolute Gasteiger partial charge is 0.384 e. The molecule has 8 nitrogen and oxygen atoms in total. The fourth-order valence-electron chi connectivity index (χ4n) is 3.43. The quantitative estimate of drug-likeness (QED) is 0.660. The standard InChI is InChI=1S/C18H19F2N5O3S/c1-10-22-14-15(18(23-10)25-6-7-28-11(8-19)9-25)24-17(21)16(14)29(26,27)13-5-3-2-4-12(13)20/h2-5,11,24H,6-9,21H2,1H3. The number of halogens is 2. The molecule has 1 fully saturated rings. The number of ether oxygens (including phenoxy) is 1. The average Bonchev–Trinajstić information content (AvgIpc) is 3.03. The van der Waals surface area contributed by atoms with Crippen LogP contribution in [-0.2, 0) is 14.6 Å². The van der Waals surface area contributed by atoms with Crippen molar-refractivity contribution in [2.45, 2.75) is 22.8 Å². The number of benzene rings is 1. The van der Waals surface area contributed by atoms with Crippen molar-refractivity contribution < 1.29 is 21.9 Å². The summed E-state index contributed by atoms with van der Waals surface area (Å²) in [5.74, 6) is -0.346. The van der Waals surface area contributed by atoms with E-state index in [1.807, 2.05) is 0 Å². The van der Waals surface area contributed by atoms with Crippen LogP contribution in [-0.4, -0.2) is 55.8 Å². The fourth-order valence-corrected chi connectivity index (χ4v) is 4.98. The number of aromatic amines is 1. The Balaban J connectivity index is 1.91. The monoisotopic (exact) mass is 423 g/mol. The predicted molar refractivity (Wildman–Crippen MR) is 103 cm³/mol. The van der Waals surface area contributed by atoms with Gasteiger partial charge in [0.25, 0.3) is 0 Å². The highest BCUT2D eigenvalue weighted by Gasteiger charge is 2.32. The van der Waals surface area contributed by atoms with Crippen molar-refractivity contribution in [2.24, 2.45) is 0 Å². The number of anilines is 2. The van der Waals surface area contributed by atoms with Crippen molar-refractivity contribution in [2.75, 3.05) is 37.0 Å². The maximum absolute atomic E-state index is 14.2. The summed E-state index contributed by atoms with van der Waals surface area (Å²) in [6.45, 7) is 1.95. The molecule has 1 unspecified atom stereocenters. The molecule has 0 spiro atoms. The third kappa shape index (κ3) is 3.29.